The van der Waals surface area contributed by atoms with E-state index in [9.17, 15) is 5.11 Å². The van der Waals surface area contributed by atoms with Gasteiger partial charge in [0.25, 0.3) is 0 Å². The van der Waals surface area contributed by atoms with Crippen LogP contribution < -0.4 is 4.74 Å². The highest BCUT2D eigenvalue weighted by atomic mass is 16.6. The zero-order valence-corrected chi connectivity index (χ0v) is 22.3. The van der Waals surface area contributed by atoms with Crippen molar-refractivity contribution in [2.45, 2.75) is 56.6 Å². The Labute approximate surface area is 230 Å². The summed E-state index contributed by atoms with van der Waals surface area (Å²) in [5, 5.41) is 11.5. The van der Waals surface area contributed by atoms with Crippen LogP contribution in [0, 0.1) is 0 Å². The van der Waals surface area contributed by atoms with E-state index in [2.05, 4.69) is 24.3 Å². The van der Waals surface area contributed by atoms with Gasteiger partial charge in [-0.05, 0) is 40.8 Å². The summed E-state index contributed by atoms with van der Waals surface area (Å²) in [6, 6.07) is 38.2. The first-order valence-electron chi connectivity index (χ1n) is 13.5. The molecule has 5 atom stereocenters. The maximum absolute atomic E-state index is 11.5. The Hall–Kier alpha value is -3.48. The largest absolute Gasteiger partial charge is 0.497 e. The minimum absolute atomic E-state index is 0.0908. The first-order valence-corrected chi connectivity index (χ1v) is 13.5. The molecule has 0 heterocycles. The third kappa shape index (κ3) is 7.14. The molecule has 0 aromatic heterocycles. The van der Waals surface area contributed by atoms with Crippen LogP contribution in [0.3, 0.4) is 0 Å². The Bertz CT molecular complexity index is 1250. The Morgan fingerprint density at radius 3 is 1.46 bits per heavy atom. The predicted molar refractivity (Wildman–Crippen MR) is 151 cm³/mol. The summed E-state index contributed by atoms with van der Waals surface area (Å²) in [6.45, 7) is 1.21. The second-order valence-corrected chi connectivity index (χ2v) is 9.97. The second kappa shape index (κ2) is 13.5. The molecule has 39 heavy (non-hydrogen) atoms. The molecule has 4 aromatic rings. The van der Waals surface area contributed by atoms with E-state index >= 15 is 0 Å². The van der Waals surface area contributed by atoms with E-state index in [1.165, 1.54) is 0 Å². The molecular formula is C34H36O5. The summed E-state index contributed by atoms with van der Waals surface area (Å²) >= 11 is 0. The van der Waals surface area contributed by atoms with Crippen LogP contribution in [0.25, 0.3) is 0 Å². The molecule has 0 aliphatic heterocycles. The number of aliphatic hydroxyl groups is 1. The molecule has 1 fully saturated rings. The first-order chi connectivity index (χ1) is 19.2. The Balaban J connectivity index is 1.45. The van der Waals surface area contributed by atoms with Crippen molar-refractivity contribution in [1.82, 2.24) is 0 Å². The maximum atomic E-state index is 11.5. The van der Waals surface area contributed by atoms with Gasteiger partial charge in [-0.1, -0.05) is 103 Å². The second-order valence-electron chi connectivity index (χ2n) is 9.97. The Kier molecular flexibility index (Phi) is 9.41. The van der Waals surface area contributed by atoms with Crippen LogP contribution in [0.2, 0.25) is 0 Å². The average molecular weight is 525 g/mol. The van der Waals surface area contributed by atoms with E-state index in [4.69, 9.17) is 18.9 Å². The summed E-state index contributed by atoms with van der Waals surface area (Å²) < 4.78 is 25.1. The van der Waals surface area contributed by atoms with Gasteiger partial charge in [-0.15, -0.1) is 0 Å². The monoisotopic (exact) mass is 524 g/mol. The zero-order valence-electron chi connectivity index (χ0n) is 22.3. The van der Waals surface area contributed by atoms with E-state index in [1.54, 1.807) is 7.11 Å². The van der Waals surface area contributed by atoms with Crippen LogP contribution in [0.5, 0.6) is 5.75 Å². The normalized spacial score (nSPS) is 22.9. The third-order valence-corrected chi connectivity index (χ3v) is 7.32. The fourth-order valence-electron chi connectivity index (χ4n) is 5.25. The number of aliphatic hydroxyl groups excluding tert-OH is 1. The molecule has 0 spiro atoms. The van der Waals surface area contributed by atoms with Crippen LogP contribution >= 0.6 is 0 Å². The zero-order chi connectivity index (χ0) is 26.9. The van der Waals surface area contributed by atoms with Gasteiger partial charge in [-0.2, -0.15) is 0 Å². The van der Waals surface area contributed by atoms with E-state index in [1.807, 2.05) is 91.0 Å². The highest BCUT2D eigenvalue weighted by molar-refractivity contribution is 5.31. The molecule has 4 aromatic carbocycles. The highest BCUT2D eigenvalue weighted by Gasteiger charge is 2.47. The van der Waals surface area contributed by atoms with Crippen LogP contribution in [0.4, 0.5) is 0 Å². The molecule has 5 nitrogen and oxygen atoms in total. The SMILES string of the molecule is COc1ccc([C@@H]2CC(O)[C@@H](OCc3ccccc3)[C@H](OCc3ccccc3)[C@H]2OCc2ccccc2)cc1. The molecule has 1 N–H and O–H groups in total. The van der Waals surface area contributed by atoms with E-state index in [0.717, 1.165) is 28.0 Å². The molecule has 0 bridgehead atoms. The number of methoxy groups -OCH3 is 1. The van der Waals surface area contributed by atoms with Gasteiger partial charge in [0.2, 0.25) is 0 Å². The lowest BCUT2D eigenvalue weighted by Crippen LogP contribution is -2.55. The van der Waals surface area contributed by atoms with E-state index in [0.29, 0.717) is 26.2 Å². The molecule has 5 rings (SSSR count). The average Bonchev–Trinajstić information content (AvgIpc) is 3.00. The van der Waals surface area contributed by atoms with Gasteiger partial charge in [0.1, 0.15) is 18.0 Å². The molecule has 1 aliphatic rings. The lowest BCUT2D eigenvalue weighted by molar-refractivity contribution is -0.208. The van der Waals surface area contributed by atoms with Crippen molar-refractivity contribution in [2.75, 3.05) is 7.11 Å². The fourth-order valence-corrected chi connectivity index (χ4v) is 5.25. The van der Waals surface area contributed by atoms with Crippen LogP contribution in [-0.2, 0) is 34.0 Å². The fraction of sp³-hybridized carbons (Fsp3) is 0.294. The van der Waals surface area contributed by atoms with Crippen molar-refractivity contribution < 1.29 is 24.1 Å². The number of ether oxygens (including phenoxy) is 4. The van der Waals surface area contributed by atoms with Crippen molar-refractivity contribution in [3.05, 3.63) is 138 Å². The van der Waals surface area contributed by atoms with Gasteiger partial charge in [-0.25, -0.2) is 0 Å². The minimum atomic E-state index is -0.724. The Morgan fingerprint density at radius 1 is 0.564 bits per heavy atom. The van der Waals surface area contributed by atoms with Crippen molar-refractivity contribution >= 4 is 0 Å². The number of hydrogen-bond donors (Lipinski definition) is 1. The van der Waals surface area contributed by atoms with Gasteiger partial charge < -0.3 is 24.1 Å². The molecule has 0 radical (unpaired) electrons. The lowest BCUT2D eigenvalue weighted by Gasteiger charge is -2.45. The number of benzene rings is 4. The van der Waals surface area contributed by atoms with Crippen LogP contribution in [-0.4, -0.2) is 36.6 Å². The van der Waals surface area contributed by atoms with Crippen molar-refractivity contribution in [3.8, 4) is 5.75 Å². The van der Waals surface area contributed by atoms with Gasteiger partial charge in [-0.3, -0.25) is 0 Å². The number of rotatable bonds is 11. The first kappa shape index (κ1) is 27.1. The molecule has 1 unspecified atom stereocenters. The molecule has 1 saturated carbocycles. The van der Waals surface area contributed by atoms with Gasteiger partial charge >= 0.3 is 0 Å². The van der Waals surface area contributed by atoms with E-state index in [-0.39, 0.29) is 12.0 Å². The summed E-state index contributed by atoms with van der Waals surface area (Å²) in [4.78, 5) is 0. The standard InChI is InChI=1S/C34H36O5/c1-36-29-19-17-28(18-20-29)30-21-31(35)33(38-23-26-13-7-3-8-14-26)34(39-24-27-15-9-4-10-16-27)32(30)37-22-25-11-5-2-6-12-25/h2-20,30-35H,21-24H2,1H3/t30-,31?,32-,33+,34+/m0/s1. The van der Waals surface area contributed by atoms with Crippen molar-refractivity contribution in [1.29, 1.82) is 0 Å². The molecule has 0 amide bonds. The summed E-state index contributed by atoms with van der Waals surface area (Å²) in [5.74, 6) is 0.699. The maximum Gasteiger partial charge on any atom is 0.118 e. The summed E-state index contributed by atoms with van der Waals surface area (Å²) in [5.41, 5.74) is 4.26. The predicted octanol–water partition coefficient (Wildman–Crippen LogP) is 6.30. The highest BCUT2D eigenvalue weighted by Crippen LogP contribution is 2.40. The van der Waals surface area contributed by atoms with Gasteiger partial charge in [0.15, 0.2) is 0 Å². The minimum Gasteiger partial charge on any atom is -0.497 e. The molecular weight excluding hydrogens is 488 g/mol. The van der Waals surface area contributed by atoms with Crippen LogP contribution in [0.1, 0.15) is 34.6 Å². The smallest absolute Gasteiger partial charge is 0.118 e. The quantitative estimate of drug-likeness (QED) is 0.250. The van der Waals surface area contributed by atoms with Crippen molar-refractivity contribution in [3.63, 3.8) is 0 Å². The van der Waals surface area contributed by atoms with Gasteiger partial charge in [0, 0.05) is 5.92 Å². The van der Waals surface area contributed by atoms with Crippen molar-refractivity contribution in [2.24, 2.45) is 0 Å². The number of hydrogen-bond acceptors (Lipinski definition) is 5. The topological polar surface area (TPSA) is 57.2 Å². The van der Waals surface area contributed by atoms with E-state index < -0.39 is 18.3 Å². The molecule has 0 saturated heterocycles. The molecule has 202 valence electrons. The lowest BCUT2D eigenvalue weighted by atomic mass is 9.76. The summed E-state index contributed by atoms with van der Waals surface area (Å²) in [6.07, 6.45) is -1.61. The third-order valence-electron chi connectivity index (χ3n) is 7.32. The van der Waals surface area contributed by atoms with Gasteiger partial charge in [0.05, 0.1) is 39.1 Å². The Morgan fingerprint density at radius 2 is 1.00 bits per heavy atom. The molecule has 1 aliphatic carbocycles. The molecule has 5 heteroatoms. The summed E-state index contributed by atoms with van der Waals surface area (Å²) in [7, 11) is 1.66. The van der Waals surface area contributed by atoms with Crippen LogP contribution in [0.15, 0.2) is 115 Å².